The smallest absolute Gasteiger partial charge is 0.325 e. The van der Waals surface area contributed by atoms with Gasteiger partial charge in [-0.1, -0.05) is 19.1 Å². The number of rotatable bonds is 4. The normalized spacial score (nSPS) is 11.6. The zero-order chi connectivity index (χ0) is 10.6. The van der Waals surface area contributed by atoms with Crippen molar-refractivity contribution in [3.63, 3.8) is 0 Å². The van der Waals surface area contributed by atoms with Crippen molar-refractivity contribution < 1.29 is 9.90 Å². The van der Waals surface area contributed by atoms with Gasteiger partial charge in [-0.2, -0.15) is 0 Å². The zero-order valence-corrected chi connectivity index (χ0v) is 9.98. The van der Waals surface area contributed by atoms with E-state index in [0.29, 0.717) is 5.56 Å². The summed E-state index contributed by atoms with van der Waals surface area (Å²) in [5.41, 5.74) is 6.09. The van der Waals surface area contributed by atoms with E-state index in [1.807, 2.05) is 12.1 Å². The minimum atomic E-state index is -0.999. The number of carbonyl (C=O) groups is 1. The molecule has 3 N–H and O–H groups in total. The molecule has 1 rings (SSSR count). The van der Waals surface area contributed by atoms with Crippen molar-refractivity contribution in [3.05, 3.63) is 29.8 Å². The van der Waals surface area contributed by atoms with Gasteiger partial charge in [-0.25, -0.2) is 0 Å². The first kappa shape index (κ1) is 14.3. The molecule has 0 aliphatic rings. The highest BCUT2D eigenvalue weighted by molar-refractivity contribution is 7.99. The lowest BCUT2D eigenvalue weighted by atomic mass is 10.1. The molecule has 15 heavy (non-hydrogen) atoms. The van der Waals surface area contributed by atoms with Crippen LogP contribution in [0.5, 0.6) is 0 Å². The monoisotopic (exact) mass is 247 g/mol. The molecule has 0 saturated heterocycles. The second-order valence-corrected chi connectivity index (χ2v) is 4.16. The van der Waals surface area contributed by atoms with E-state index in [9.17, 15) is 4.79 Å². The lowest BCUT2D eigenvalue weighted by molar-refractivity contribution is -0.138. The molecule has 1 aromatic carbocycles. The molecule has 3 nitrogen and oxygen atoms in total. The molecule has 0 saturated carbocycles. The molecule has 0 aliphatic carbocycles. The van der Waals surface area contributed by atoms with Gasteiger partial charge in [-0.05, 0) is 23.4 Å². The van der Waals surface area contributed by atoms with Crippen LogP contribution in [0.25, 0.3) is 0 Å². The van der Waals surface area contributed by atoms with Crippen LogP contribution in [0.2, 0.25) is 0 Å². The number of halogens is 1. The van der Waals surface area contributed by atoms with E-state index in [1.165, 1.54) is 0 Å². The number of thioether (sulfide) groups is 1. The van der Waals surface area contributed by atoms with Gasteiger partial charge in [0.05, 0.1) is 0 Å². The van der Waals surface area contributed by atoms with E-state index in [1.54, 1.807) is 23.9 Å². The van der Waals surface area contributed by atoms with Gasteiger partial charge in [0.1, 0.15) is 6.04 Å². The summed E-state index contributed by atoms with van der Waals surface area (Å²) in [6, 6.07) is 6.39. The SMILES string of the molecule is CCSc1ccc([C@@H](N)C(=O)O)cc1.Cl. The van der Waals surface area contributed by atoms with E-state index >= 15 is 0 Å². The number of nitrogens with two attached hydrogens (primary N) is 1. The third-order valence-corrected chi connectivity index (χ3v) is 2.71. The number of benzene rings is 1. The summed E-state index contributed by atoms with van der Waals surface area (Å²) in [7, 11) is 0. The summed E-state index contributed by atoms with van der Waals surface area (Å²) < 4.78 is 0. The molecule has 0 aliphatic heterocycles. The molecule has 0 aromatic heterocycles. The first-order valence-corrected chi connectivity index (χ1v) is 5.35. The highest BCUT2D eigenvalue weighted by atomic mass is 35.5. The van der Waals surface area contributed by atoms with Crippen LogP contribution in [0, 0.1) is 0 Å². The molecule has 0 fully saturated rings. The molecule has 84 valence electrons. The van der Waals surface area contributed by atoms with Crippen LogP contribution in [0.15, 0.2) is 29.2 Å². The fraction of sp³-hybridized carbons (Fsp3) is 0.300. The Hall–Kier alpha value is -0.710. The van der Waals surface area contributed by atoms with Crippen molar-refractivity contribution in [1.29, 1.82) is 0 Å². The van der Waals surface area contributed by atoms with E-state index in [2.05, 4.69) is 6.92 Å². The summed E-state index contributed by atoms with van der Waals surface area (Å²) in [6.07, 6.45) is 0. The maximum absolute atomic E-state index is 10.6. The van der Waals surface area contributed by atoms with Crippen LogP contribution < -0.4 is 5.73 Å². The Balaban J connectivity index is 0.00000196. The highest BCUT2D eigenvalue weighted by Gasteiger charge is 2.13. The minimum absolute atomic E-state index is 0. The first-order valence-electron chi connectivity index (χ1n) is 4.36. The quantitative estimate of drug-likeness (QED) is 0.802. The van der Waals surface area contributed by atoms with Gasteiger partial charge in [-0.15, -0.1) is 24.2 Å². The molecule has 0 heterocycles. The topological polar surface area (TPSA) is 63.3 Å². The molecule has 0 bridgehead atoms. The van der Waals surface area contributed by atoms with Gasteiger partial charge in [0.2, 0.25) is 0 Å². The van der Waals surface area contributed by atoms with Crippen molar-refractivity contribution in [3.8, 4) is 0 Å². The van der Waals surface area contributed by atoms with Crippen molar-refractivity contribution in [2.24, 2.45) is 5.73 Å². The standard InChI is InChI=1S/C10H13NO2S.ClH/c1-2-14-8-5-3-7(4-6-8)9(11)10(12)13;/h3-6,9H,2,11H2,1H3,(H,12,13);1H/t9-;/m1./s1. The predicted molar refractivity (Wildman–Crippen MR) is 64.7 cm³/mol. The maximum atomic E-state index is 10.6. The van der Waals surface area contributed by atoms with E-state index in [0.717, 1.165) is 10.6 Å². The van der Waals surface area contributed by atoms with Gasteiger partial charge in [0, 0.05) is 4.90 Å². The molecule has 5 heteroatoms. The average Bonchev–Trinajstić information content (AvgIpc) is 2.18. The molecule has 1 atom stereocenters. The number of carboxylic acid groups (broad SMARTS) is 1. The number of hydrogen-bond donors (Lipinski definition) is 2. The summed E-state index contributed by atoms with van der Waals surface area (Å²) in [5.74, 6) is 0.00512. The Morgan fingerprint density at radius 3 is 2.40 bits per heavy atom. The number of hydrogen-bond acceptors (Lipinski definition) is 3. The number of aliphatic carboxylic acids is 1. The fourth-order valence-electron chi connectivity index (χ4n) is 1.08. The summed E-state index contributed by atoms with van der Waals surface area (Å²) in [6.45, 7) is 2.07. The fourth-order valence-corrected chi connectivity index (χ4v) is 1.74. The van der Waals surface area contributed by atoms with Gasteiger partial charge in [0.25, 0.3) is 0 Å². The van der Waals surface area contributed by atoms with Gasteiger partial charge >= 0.3 is 5.97 Å². The Kier molecular flexibility index (Phi) is 6.40. The van der Waals surface area contributed by atoms with Gasteiger partial charge < -0.3 is 10.8 Å². The summed E-state index contributed by atoms with van der Waals surface area (Å²) in [5, 5.41) is 8.68. The highest BCUT2D eigenvalue weighted by Crippen LogP contribution is 2.19. The first-order chi connectivity index (χ1) is 6.65. The second-order valence-electron chi connectivity index (χ2n) is 2.82. The molecular formula is C10H14ClNO2S. The van der Waals surface area contributed by atoms with Gasteiger partial charge in [-0.3, -0.25) is 4.79 Å². The van der Waals surface area contributed by atoms with Crippen LogP contribution in [0.3, 0.4) is 0 Å². The number of carboxylic acids is 1. The lowest BCUT2D eigenvalue weighted by Gasteiger charge is -2.06. The molecule has 0 spiro atoms. The lowest BCUT2D eigenvalue weighted by Crippen LogP contribution is -2.20. The molecular weight excluding hydrogens is 234 g/mol. The van der Waals surface area contributed by atoms with Crippen molar-refractivity contribution in [2.45, 2.75) is 17.9 Å². The Bertz CT molecular complexity index is 316. The van der Waals surface area contributed by atoms with Crippen molar-refractivity contribution in [1.82, 2.24) is 0 Å². The Morgan fingerprint density at radius 1 is 1.47 bits per heavy atom. The maximum Gasteiger partial charge on any atom is 0.325 e. The van der Waals surface area contributed by atoms with Crippen LogP contribution >= 0.6 is 24.2 Å². The Labute approximate surface area is 99.5 Å². The molecule has 0 unspecified atom stereocenters. The minimum Gasteiger partial charge on any atom is -0.480 e. The zero-order valence-electron chi connectivity index (χ0n) is 8.34. The Morgan fingerprint density at radius 2 is 2.00 bits per heavy atom. The largest absolute Gasteiger partial charge is 0.480 e. The second kappa shape index (κ2) is 6.71. The summed E-state index contributed by atoms with van der Waals surface area (Å²) >= 11 is 1.72. The van der Waals surface area contributed by atoms with Crippen molar-refractivity contribution >= 4 is 30.1 Å². The molecule has 0 radical (unpaired) electrons. The van der Waals surface area contributed by atoms with E-state index in [4.69, 9.17) is 10.8 Å². The molecule has 0 amide bonds. The van der Waals surface area contributed by atoms with Gasteiger partial charge in [0.15, 0.2) is 0 Å². The van der Waals surface area contributed by atoms with E-state index in [-0.39, 0.29) is 12.4 Å². The van der Waals surface area contributed by atoms with Crippen LogP contribution in [-0.2, 0) is 4.79 Å². The van der Waals surface area contributed by atoms with Crippen LogP contribution in [0.4, 0.5) is 0 Å². The van der Waals surface area contributed by atoms with Crippen LogP contribution in [0.1, 0.15) is 18.5 Å². The van der Waals surface area contributed by atoms with E-state index < -0.39 is 12.0 Å². The third-order valence-electron chi connectivity index (χ3n) is 1.82. The summed E-state index contributed by atoms with van der Waals surface area (Å²) in [4.78, 5) is 11.7. The average molecular weight is 248 g/mol. The van der Waals surface area contributed by atoms with Crippen molar-refractivity contribution in [2.75, 3.05) is 5.75 Å². The molecule has 1 aromatic rings. The van der Waals surface area contributed by atoms with Crippen LogP contribution in [-0.4, -0.2) is 16.8 Å². The third kappa shape index (κ3) is 4.11. The predicted octanol–water partition coefficient (Wildman–Crippen LogP) is 2.30.